The fraction of sp³-hybridized carbons (Fsp3) is 0.217. The molecule has 31 heavy (non-hydrogen) atoms. The summed E-state index contributed by atoms with van der Waals surface area (Å²) < 4.78 is 1.93. The van der Waals surface area contributed by atoms with E-state index in [0.29, 0.717) is 23.7 Å². The van der Waals surface area contributed by atoms with E-state index in [1.807, 2.05) is 63.5 Å². The van der Waals surface area contributed by atoms with Gasteiger partial charge in [-0.15, -0.1) is 11.3 Å². The number of rotatable bonds is 5. The summed E-state index contributed by atoms with van der Waals surface area (Å²) in [6.07, 6.45) is 8.14. The van der Waals surface area contributed by atoms with E-state index in [-0.39, 0.29) is 17.7 Å². The van der Waals surface area contributed by atoms with E-state index in [1.54, 1.807) is 12.4 Å². The van der Waals surface area contributed by atoms with Gasteiger partial charge in [0, 0.05) is 61.3 Å². The van der Waals surface area contributed by atoms with Crippen LogP contribution in [0, 0.1) is 0 Å². The SMILES string of the molecule is O=C(NCc1ccn2ccnc2c1)c1ccc(C2CCN(C(=O)c3nccs3)C2)cc1. The largest absolute Gasteiger partial charge is 0.348 e. The second-order valence-electron chi connectivity index (χ2n) is 7.61. The lowest BCUT2D eigenvalue weighted by molar-refractivity contribution is 0.0790. The van der Waals surface area contributed by atoms with Crippen molar-refractivity contribution in [3.63, 3.8) is 0 Å². The van der Waals surface area contributed by atoms with Gasteiger partial charge in [-0.1, -0.05) is 12.1 Å². The van der Waals surface area contributed by atoms with Crippen LogP contribution in [-0.4, -0.2) is 44.2 Å². The van der Waals surface area contributed by atoms with Crippen LogP contribution >= 0.6 is 11.3 Å². The van der Waals surface area contributed by atoms with Crippen LogP contribution in [0.3, 0.4) is 0 Å². The zero-order valence-electron chi connectivity index (χ0n) is 16.8. The first-order valence-electron chi connectivity index (χ1n) is 10.2. The van der Waals surface area contributed by atoms with Crippen molar-refractivity contribution in [3.05, 3.63) is 88.3 Å². The number of pyridine rings is 1. The van der Waals surface area contributed by atoms with Crippen LogP contribution in [0.25, 0.3) is 5.65 Å². The molecule has 1 unspecified atom stereocenters. The number of thiazole rings is 1. The second-order valence-corrected chi connectivity index (χ2v) is 8.50. The lowest BCUT2D eigenvalue weighted by Crippen LogP contribution is -2.28. The molecule has 4 heterocycles. The van der Waals surface area contributed by atoms with Gasteiger partial charge in [-0.25, -0.2) is 9.97 Å². The number of aromatic nitrogens is 3. The molecule has 3 aromatic heterocycles. The van der Waals surface area contributed by atoms with Gasteiger partial charge >= 0.3 is 0 Å². The number of likely N-dealkylation sites (tertiary alicyclic amines) is 1. The van der Waals surface area contributed by atoms with Crippen LogP contribution in [0.4, 0.5) is 0 Å². The highest BCUT2D eigenvalue weighted by Crippen LogP contribution is 2.28. The Morgan fingerprint density at radius 1 is 1.10 bits per heavy atom. The second kappa shape index (κ2) is 8.31. The third-order valence-corrected chi connectivity index (χ3v) is 6.41. The monoisotopic (exact) mass is 431 g/mol. The Bertz CT molecular complexity index is 1220. The van der Waals surface area contributed by atoms with E-state index in [2.05, 4.69) is 15.3 Å². The van der Waals surface area contributed by atoms with Crippen LogP contribution in [0.5, 0.6) is 0 Å². The normalized spacial score (nSPS) is 16.0. The number of amides is 2. The third kappa shape index (κ3) is 4.06. The summed E-state index contributed by atoms with van der Waals surface area (Å²) in [5.41, 5.74) is 3.63. The van der Waals surface area contributed by atoms with Gasteiger partial charge in [-0.3, -0.25) is 9.59 Å². The topological polar surface area (TPSA) is 79.6 Å². The highest BCUT2D eigenvalue weighted by Gasteiger charge is 2.29. The fourth-order valence-electron chi connectivity index (χ4n) is 3.93. The number of imidazole rings is 1. The molecule has 1 aliphatic heterocycles. The van der Waals surface area contributed by atoms with E-state index in [1.165, 1.54) is 11.3 Å². The van der Waals surface area contributed by atoms with Crippen molar-refractivity contribution in [1.29, 1.82) is 0 Å². The summed E-state index contributed by atoms with van der Waals surface area (Å²) in [6.45, 7) is 1.85. The summed E-state index contributed by atoms with van der Waals surface area (Å²) in [7, 11) is 0. The van der Waals surface area contributed by atoms with E-state index in [4.69, 9.17) is 0 Å². The molecule has 1 fully saturated rings. The lowest BCUT2D eigenvalue weighted by atomic mass is 9.97. The maximum atomic E-state index is 12.5. The van der Waals surface area contributed by atoms with E-state index in [9.17, 15) is 9.59 Å². The minimum absolute atomic E-state index is 0.00188. The summed E-state index contributed by atoms with van der Waals surface area (Å²) in [6, 6.07) is 11.6. The molecule has 1 N–H and O–H groups in total. The Morgan fingerprint density at radius 2 is 1.97 bits per heavy atom. The first kappa shape index (κ1) is 19.4. The minimum Gasteiger partial charge on any atom is -0.348 e. The van der Waals surface area contributed by atoms with Crippen molar-refractivity contribution >= 4 is 28.8 Å². The van der Waals surface area contributed by atoms with Gasteiger partial charge in [0.2, 0.25) is 0 Å². The number of nitrogens with one attached hydrogen (secondary N) is 1. The number of fused-ring (bicyclic) bond motifs is 1. The third-order valence-electron chi connectivity index (χ3n) is 5.65. The molecule has 0 aliphatic carbocycles. The van der Waals surface area contributed by atoms with Crippen LogP contribution in [0.1, 0.15) is 43.6 Å². The van der Waals surface area contributed by atoms with Gasteiger partial charge in [-0.2, -0.15) is 0 Å². The fourth-order valence-corrected chi connectivity index (χ4v) is 4.54. The van der Waals surface area contributed by atoms with Gasteiger partial charge in [0.15, 0.2) is 5.01 Å². The number of hydrogen-bond donors (Lipinski definition) is 1. The van der Waals surface area contributed by atoms with Crippen LogP contribution in [0.2, 0.25) is 0 Å². The minimum atomic E-state index is -0.109. The van der Waals surface area contributed by atoms with Gasteiger partial charge in [-0.05, 0) is 41.8 Å². The summed E-state index contributed by atoms with van der Waals surface area (Å²) in [5, 5.41) is 5.33. The number of hydrogen-bond acceptors (Lipinski definition) is 5. The molecule has 5 rings (SSSR count). The molecule has 0 spiro atoms. The molecule has 7 nitrogen and oxygen atoms in total. The Kier molecular flexibility index (Phi) is 5.21. The molecule has 156 valence electrons. The summed E-state index contributed by atoms with van der Waals surface area (Å²) >= 11 is 1.37. The maximum Gasteiger partial charge on any atom is 0.282 e. The molecule has 1 aliphatic rings. The Morgan fingerprint density at radius 3 is 2.77 bits per heavy atom. The maximum absolute atomic E-state index is 12.5. The Balaban J connectivity index is 1.18. The lowest BCUT2D eigenvalue weighted by Gasteiger charge is -2.15. The molecule has 0 saturated carbocycles. The van der Waals surface area contributed by atoms with E-state index in [0.717, 1.165) is 29.7 Å². The van der Waals surface area contributed by atoms with Crippen molar-refractivity contribution in [2.45, 2.75) is 18.9 Å². The molecule has 1 aromatic carbocycles. The van der Waals surface area contributed by atoms with Gasteiger partial charge in [0.1, 0.15) is 5.65 Å². The quantitative estimate of drug-likeness (QED) is 0.526. The van der Waals surface area contributed by atoms with E-state index >= 15 is 0 Å². The van der Waals surface area contributed by atoms with Crippen molar-refractivity contribution in [2.75, 3.05) is 13.1 Å². The number of carbonyl (C=O) groups is 2. The van der Waals surface area contributed by atoms with Gasteiger partial charge in [0.25, 0.3) is 11.8 Å². The highest BCUT2D eigenvalue weighted by molar-refractivity contribution is 7.11. The average Bonchev–Trinajstić information content (AvgIpc) is 3.58. The molecule has 0 bridgehead atoms. The molecule has 2 amide bonds. The van der Waals surface area contributed by atoms with Crippen LogP contribution in [0.15, 0.2) is 66.6 Å². The van der Waals surface area contributed by atoms with Crippen molar-refractivity contribution in [2.24, 2.45) is 0 Å². The molecule has 0 radical (unpaired) electrons. The Hall–Kier alpha value is -3.52. The zero-order valence-corrected chi connectivity index (χ0v) is 17.6. The van der Waals surface area contributed by atoms with Crippen molar-refractivity contribution in [3.8, 4) is 0 Å². The molecule has 1 saturated heterocycles. The van der Waals surface area contributed by atoms with E-state index < -0.39 is 0 Å². The summed E-state index contributed by atoms with van der Waals surface area (Å²) in [5.74, 6) is 0.172. The predicted octanol–water partition coefficient (Wildman–Crippen LogP) is 3.35. The zero-order chi connectivity index (χ0) is 21.2. The standard InChI is InChI=1S/C23H21N5O2S/c29-21(26-14-16-5-9-27-11-7-24-20(27)13-16)18-3-1-17(2-4-18)19-6-10-28(15-19)23(30)22-25-8-12-31-22/h1-5,7-9,11-13,19H,6,10,14-15H2,(H,26,29). The first-order valence-corrected chi connectivity index (χ1v) is 11.0. The number of benzene rings is 1. The van der Waals surface area contributed by atoms with Crippen LogP contribution in [-0.2, 0) is 6.54 Å². The van der Waals surface area contributed by atoms with Crippen molar-refractivity contribution in [1.82, 2.24) is 24.6 Å². The highest BCUT2D eigenvalue weighted by atomic mass is 32.1. The molecule has 4 aromatic rings. The summed E-state index contributed by atoms with van der Waals surface area (Å²) in [4.78, 5) is 35.3. The average molecular weight is 432 g/mol. The molecular formula is C23H21N5O2S. The van der Waals surface area contributed by atoms with Crippen LogP contribution < -0.4 is 5.32 Å². The molecule has 8 heteroatoms. The smallest absolute Gasteiger partial charge is 0.282 e. The Labute approximate surface area is 183 Å². The molecule has 1 atom stereocenters. The predicted molar refractivity (Wildman–Crippen MR) is 118 cm³/mol. The first-order chi connectivity index (χ1) is 15.2. The van der Waals surface area contributed by atoms with Gasteiger partial charge < -0.3 is 14.6 Å². The number of nitrogens with zero attached hydrogens (tertiary/aromatic N) is 4. The van der Waals surface area contributed by atoms with Gasteiger partial charge in [0.05, 0.1) is 0 Å². The van der Waals surface area contributed by atoms with Crippen molar-refractivity contribution < 1.29 is 9.59 Å². The molecular weight excluding hydrogens is 410 g/mol. The number of carbonyl (C=O) groups excluding carboxylic acids is 2.